The largest absolute Gasteiger partial charge is 0.507 e. The van der Waals surface area contributed by atoms with E-state index >= 15 is 0 Å². The Labute approximate surface area is 623 Å². The molecule has 590 valence electrons. The number of hydrogen-bond donors (Lipinski definition) is 13. The topological polar surface area (TPSA) is 761 Å². The van der Waals surface area contributed by atoms with Crippen molar-refractivity contribution in [2.75, 3.05) is 30.5 Å². The average molecular weight is 1720 g/mol. The summed E-state index contributed by atoms with van der Waals surface area (Å²) in [7, 11) is -47.4. The van der Waals surface area contributed by atoms with Gasteiger partial charge in [-0.1, -0.05) is 0 Å². The fourth-order valence-corrected chi connectivity index (χ4v) is 15.5. The zero-order valence-corrected chi connectivity index (χ0v) is 62.3. The molecule has 55 heteroatoms. The van der Waals surface area contributed by atoms with Gasteiger partial charge in [-0.15, -0.1) is 40.9 Å². The van der Waals surface area contributed by atoms with Crippen molar-refractivity contribution in [1.82, 2.24) is 0 Å². The van der Waals surface area contributed by atoms with Crippen LogP contribution in [0, 0.1) is 24.0 Å². The summed E-state index contributed by atoms with van der Waals surface area (Å²) in [6.45, 7) is 1.70. The molecule has 0 radical (unpaired) electrons. The maximum Gasteiger partial charge on any atom is 0.298 e. The van der Waals surface area contributed by atoms with Gasteiger partial charge in [-0.25, -0.2) is 0 Å². The van der Waals surface area contributed by atoms with Crippen molar-refractivity contribution in [3.05, 3.63) is 118 Å². The van der Waals surface area contributed by atoms with E-state index in [2.05, 4.69) is 51.1 Å². The molecule has 9 aromatic rings. The van der Waals surface area contributed by atoms with Crippen molar-refractivity contribution in [2.24, 2.45) is 51.1 Å². The van der Waals surface area contributed by atoms with Gasteiger partial charge in [0, 0.05) is 40.4 Å². The third-order valence-electron chi connectivity index (χ3n) is 15.0. The van der Waals surface area contributed by atoms with Crippen LogP contribution in [0.2, 0.25) is 0 Å². The van der Waals surface area contributed by atoms with Crippen LogP contribution in [0.3, 0.4) is 0 Å². The van der Waals surface area contributed by atoms with Crippen LogP contribution in [0.25, 0.3) is 32.3 Å². The lowest BCUT2D eigenvalue weighted by molar-refractivity contribution is -0.384. The molecule has 0 heterocycles. The summed E-state index contributed by atoms with van der Waals surface area (Å²) in [5.41, 5.74) is -2.86. The third-order valence-corrected chi connectivity index (χ3v) is 22.7. The van der Waals surface area contributed by atoms with Crippen LogP contribution in [0.15, 0.2) is 182 Å². The van der Waals surface area contributed by atoms with Gasteiger partial charge in [0.25, 0.3) is 96.8 Å². The number of phenolic OH excluding ortho intramolecular Hbond substituents is 3. The van der Waals surface area contributed by atoms with Gasteiger partial charge in [0.1, 0.15) is 75.9 Å². The SMILES string of the molecule is Cc1cc(/N=N\c2c(S(=O)(=O)O)cc3c(S(=O)(=O)O)c(N=Nc4cc(S(=O)(=O)O)c5cc(S(=O)(=O)O)c(/N=N\c6ccc(S(=O)(=O)O)cc6[N+](=O)[O-])c(O)c5c4N)ccc3c2O)c(OCCCS(=O)(=O)O)cc1/N=N\c1cc(C)c(/N=N\c2cc(S(=O)(=O)O)cc3cc(S(=O)(=O)O)cc(O)c23)cc1OCCCS(=O)(=O)O. The van der Waals surface area contributed by atoms with Gasteiger partial charge in [0.15, 0.2) is 17.2 Å². The Balaban J connectivity index is 1.14. The summed E-state index contributed by atoms with van der Waals surface area (Å²) in [6.07, 6.45) is -0.801. The average Bonchev–Trinajstić information content (AvgIpc) is 0.743. The van der Waals surface area contributed by atoms with Crippen LogP contribution in [-0.2, 0) is 91.1 Å². The maximum atomic E-state index is 13.4. The summed E-state index contributed by atoms with van der Waals surface area (Å²) in [5, 5.41) is 80.0. The first-order chi connectivity index (χ1) is 51.0. The molecule has 0 spiro atoms. The van der Waals surface area contributed by atoms with E-state index in [1.54, 1.807) is 0 Å². The summed E-state index contributed by atoms with van der Waals surface area (Å²) >= 11 is 0. The van der Waals surface area contributed by atoms with Gasteiger partial charge in [-0.3, -0.25) is 51.1 Å². The fourth-order valence-electron chi connectivity index (χ4n) is 10.1. The number of benzene rings is 9. The molecule has 46 nitrogen and oxygen atoms in total. The molecule has 0 saturated carbocycles. The second-order valence-corrected chi connectivity index (χ2v) is 35.7. The maximum absolute atomic E-state index is 13.4. The van der Waals surface area contributed by atoms with Crippen LogP contribution in [0.5, 0.6) is 28.7 Å². The molecule has 0 atom stereocenters. The lowest BCUT2D eigenvalue weighted by atomic mass is 10.0. The van der Waals surface area contributed by atoms with Crippen molar-refractivity contribution in [1.29, 1.82) is 0 Å². The minimum Gasteiger partial charge on any atom is -0.507 e. The molecule has 0 fully saturated rings. The van der Waals surface area contributed by atoms with E-state index in [0.717, 1.165) is 42.5 Å². The standard InChI is InChI=1S/C56H48N12O34S9/c1-25-13-38(44(101-9-3-11-103(74,75)76)23-37(25)61-64-40-17-29(106(83,84)85)15-27-16-30(107(86,87)88)19-43(69)49(27)40)62-60-36-22-45(102-10-4-12-104(77,78)79)39(14-26(36)2)63-66-52-47(109(92,93)94)20-32-31(54(52)70)6-8-35(56(32)111(98,99)100)59-65-41-24-46(108(89,90)91)33-21-48(110(95,96)97)53(55(71)50(33)51(41)57)67-58-34-7-5-28(105(80,81)82)18-42(34)68(72)73/h5-8,13-24,69-71H,3-4,9-12,57H2,1-2H3,(H,74,75,76)(H,77,78,79)(H,80,81,82)(H,83,84,85)(H,86,87,88)(H,89,90,91)(H,92,93,94)(H,95,96,97)(H,98,99,100)/b62-60-,64-61-,65-59?,66-63-,67-58-. The van der Waals surface area contributed by atoms with Crippen molar-refractivity contribution in [3.8, 4) is 28.7 Å². The summed E-state index contributed by atoms with van der Waals surface area (Å²) < 4.78 is 324. The molecule has 0 amide bonds. The predicted molar refractivity (Wildman–Crippen MR) is 379 cm³/mol. The monoisotopic (exact) mass is 1720 g/mol. The number of anilines is 1. The molecule has 0 unspecified atom stereocenters. The highest BCUT2D eigenvalue weighted by Crippen LogP contribution is 2.51. The Bertz CT molecular complexity index is 6780. The van der Waals surface area contributed by atoms with E-state index in [-0.39, 0.29) is 63.3 Å². The number of phenols is 3. The van der Waals surface area contributed by atoms with E-state index in [0.29, 0.717) is 36.4 Å². The molecular formula is C56H48N12O34S9. The number of aryl methyl sites for hydroxylation is 2. The number of aromatic hydroxyl groups is 3. The molecule has 0 bridgehead atoms. The van der Waals surface area contributed by atoms with Crippen LogP contribution in [0.4, 0.5) is 68.2 Å². The van der Waals surface area contributed by atoms with E-state index < -0.39 is 257 Å². The zero-order valence-electron chi connectivity index (χ0n) is 55.0. The lowest BCUT2D eigenvalue weighted by Gasteiger charge is -2.15. The second kappa shape index (κ2) is 30.8. The van der Waals surface area contributed by atoms with Gasteiger partial charge in [0.2, 0.25) is 0 Å². The number of hydrogen-bond acceptors (Lipinski definition) is 36. The number of nitrogens with zero attached hydrogens (tertiary/aromatic N) is 11. The number of fused-ring (bicyclic) bond motifs is 3. The molecule has 0 aromatic heterocycles. The Morgan fingerprint density at radius 1 is 0.387 bits per heavy atom. The number of nitrogen functional groups attached to an aromatic ring is 1. The lowest BCUT2D eigenvalue weighted by Crippen LogP contribution is -2.08. The second-order valence-electron chi connectivity index (χ2n) is 22.8. The van der Waals surface area contributed by atoms with Crippen molar-refractivity contribution in [2.45, 2.75) is 61.0 Å². The van der Waals surface area contributed by atoms with E-state index in [1.807, 2.05) is 0 Å². The van der Waals surface area contributed by atoms with E-state index in [9.17, 15) is 142 Å². The van der Waals surface area contributed by atoms with Crippen LogP contribution >= 0.6 is 0 Å². The smallest absolute Gasteiger partial charge is 0.298 e. The Morgan fingerprint density at radius 3 is 1.28 bits per heavy atom. The van der Waals surface area contributed by atoms with Crippen LogP contribution < -0.4 is 15.2 Å². The number of nitro benzene ring substituents is 1. The van der Waals surface area contributed by atoms with Crippen molar-refractivity contribution in [3.63, 3.8) is 0 Å². The van der Waals surface area contributed by atoms with Gasteiger partial charge < -0.3 is 30.5 Å². The minimum atomic E-state index is -5.84. The molecule has 9 rings (SSSR count). The summed E-state index contributed by atoms with van der Waals surface area (Å²) in [6, 6.07) is 11.1. The van der Waals surface area contributed by atoms with Crippen LogP contribution in [0.1, 0.15) is 24.0 Å². The van der Waals surface area contributed by atoms with E-state index in [1.165, 1.54) is 19.9 Å². The Morgan fingerprint density at radius 2 is 0.811 bits per heavy atom. The molecular weight excluding hydrogens is 1670 g/mol. The van der Waals surface area contributed by atoms with Gasteiger partial charge >= 0.3 is 0 Å². The molecule has 0 aliphatic carbocycles. The van der Waals surface area contributed by atoms with Crippen LogP contribution in [-0.4, -0.2) is 162 Å². The first-order valence-electron chi connectivity index (χ1n) is 29.4. The van der Waals surface area contributed by atoms with Crippen molar-refractivity contribution < 1.29 is 146 Å². The van der Waals surface area contributed by atoms with Gasteiger partial charge in [-0.2, -0.15) is 86.0 Å². The number of nitrogens with two attached hydrogens (primary N) is 1. The number of ether oxygens (including phenoxy) is 2. The highest BCUT2D eigenvalue weighted by atomic mass is 32.3. The molecule has 0 aliphatic heterocycles. The van der Waals surface area contributed by atoms with Gasteiger partial charge in [0.05, 0.1) is 73.0 Å². The summed E-state index contributed by atoms with van der Waals surface area (Å²) in [5.74, 6) is -6.23. The summed E-state index contributed by atoms with van der Waals surface area (Å²) in [4.78, 5) is 1.85. The minimum absolute atomic E-state index is 0.0510. The predicted octanol–water partition coefficient (Wildman–Crippen LogP) is 10.5. The highest BCUT2D eigenvalue weighted by Gasteiger charge is 2.32. The number of rotatable bonds is 28. The molecule has 9 aromatic carbocycles. The number of nitro groups is 1. The molecule has 14 N–H and O–H groups in total. The van der Waals surface area contributed by atoms with Crippen molar-refractivity contribution >= 4 is 192 Å². The van der Waals surface area contributed by atoms with E-state index in [4.69, 9.17) is 15.2 Å². The number of azo groups is 5. The highest BCUT2D eigenvalue weighted by molar-refractivity contribution is 7.88. The third kappa shape index (κ3) is 19.7. The quantitative estimate of drug-likeness (QED) is 0.00541. The first-order valence-corrected chi connectivity index (χ1v) is 42.7. The fraction of sp³-hybridized carbons (Fsp3) is 0.143. The Kier molecular flexibility index (Phi) is 23.3. The molecule has 0 saturated heterocycles. The zero-order chi connectivity index (χ0) is 82.6. The first kappa shape index (κ1) is 84.2. The van der Waals surface area contributed by atoms with Gasteiger partial charge in [-0.05, 0) is 116 Å². The molecule has 0 aliphatic rings. The normalized spacial score (nSPS) is 13.4. The molecule has 111 heavy (non-hydrogen) atoms. The Hall–Kier alpha value is -10.9.